The van der Waals surface area contributed by atoms with Gasteiger partial charge in [-0.1, -0.05) is 0 Å². The monoisotopic (exact) mass is 932 g/mol. The highest BCUT2D eigenvalue weighted by atomic mass is 31.2. The number of aliphatic hydroxyl groups excluding tert-OH is 1. The third-order valence-electron chi connectivity index (χ3n) is 10.2. The Balaban J connectivity index is 1.07. The smallest absolute Gasteiger partial charge is 0.472 e. The van der Waals surface area contributed by atoms with Gasteiger partial charge in [0.15, 0.2) is 22.9 Å². The van der Waals surface area contributed by atoms with Crippen LogP contribution in [0.3, 0.4) is 0 Å². The van der Waals surface area contributed by atoms with Crippen LogP contribution in [0.4, 0.5) is 17.5 Å². The number of phosphoric acid groups is 3. The van der Waals surface area contributed by atoms with E-state index in [-0.39, 0.29) is 59.0 Å². The maximum Gasteiger partial charge on any atom is 0.472 e. The van der Waals surface area contributed by atoms with Crippen molar-refractivity contribution in [2.45, 2.75) is 74.6 Å². The number of aromatic nitrogens is 10. The topological polar surface area (TPSA) is 440 Å². The van der Waals surface area contributed by atoms with E-state index in [9.17, 15) is 48.1 Å². The van der Waals surface area contributed by atoms with Gasteiger partial charge in [0.1, 0.15) is 72.6 Å². The second-order valence-corrected chi connectivity index (χ2v) is 18.0. The summed E-state index contributed by atoms with van der Waals surface area (Å²) in [4.78, 5) is 93.1. The average molecular weight is 933 g/mol. The molecular weight excluding hydrogens is 895 g/mol. The summed E-state index contributed by atoms with van der Waals surface area (Å²) in [6, 6.07) is 1.26. The highest BCUT2D eigenvalue weighted by Crippen LogP contribution is 2.52. The van der Waals surface area contributed by atoms with Gasteiger partial charge in [-0.25, -0.2) is 43.8 Å². The minimum atomic E-state index is -5.66. The first-order chi connectivity index (χ1) is 29.2. The molecule has 0 bridgehead atoms. The largest absolute Gasteiger partial charge is 0.756 e. The van der Waals surface area contributed by atoms with Crippen molar-refractivity contribution in [2.75, 3.05) is 30.4 Å². The van der Waals surface area contributed by atoms with E-state index >= 15 is 0 Å². The van der Waals surface area contributed by atoms with Gasteiger partial charge >= 0.3 is 21.3 Å². The zero-order chi connectivity index (χ0) is 44.3. The molecule has 3 saturated heterocycles. The first-order valence-corrected chi connectivity index (χ1v) is 22.7. The number of nitrogens with zero attached hydrogens (tertiary/aromatic N) is 10. The molecule has 0 aliphatic carbocycles. The summed E-state index contributed by atoms with van der Waals surface area (Å²) in [5.41, 5.74) is 17.4. The normalized spacial score (nSPS) is 29.3. The molecule has 62 heavy (non-hydrogen) atoms. The SMILES string of the molecule is Nc1ccn(C2CC(OP(=O)(O)OCC3OC(n4cnc5c(N)ncnc54)CC3C(OP(=O)([O-])O)C3OC(n4cnc5c(N)ncnc54)CC3O)C(COP(=O)(O)O)O2)c(=O)n1. The van der Waals surface area contributed by atoms with Gasteiger partial charge in [-0.2, -0.15) is 4.98 Å². The van der Waals surface area contributed by atoms with E-state index in [2.05, 4.69) is 39.4 Å². The van der Waals surface area contributed by atoms with E-state index in [1.54, 1.807) is 0 Å². The Kier molecular flexibility index (Phi) is 12.1. The van der Waals surface area contributed by atoms with E-state index in [4.69, 9.17) is 45.0 Å². The van der Waals surface area contributed by atoms with Crippen LogP contribution in [-0.4, -0.2) is 123 Å². The van der Waals surface area contributed by atoms with Crippen molar-refractivity contribution in [1.82, 2.24) is 48.6 Å². The van der Waals surface area contributed by atoms with Crippen LogP contribution in [-0.2, 0) is 46.0 Å². The van der Waals surface area contributed by atoms with Gasteiger partial charge in [0.25, 0.3) is 7.82 Å². The molecular formula is C29H37N13O17P3-. The van der Waals surface area contributed by atoms with Crippen molar-refractivity contribution in [3.63, 3.8) is 0 Å². The maximum atomic E-state index is 13.7. The third-order valence-corrected chi connectivity index (χ3v) is 12.2. The number of phosphoric ester groups is 3. The van der Waals surface area contributed by atoms with Gasteiger partial charge in [0.05, 0.1) is 38.1 Å². The summed E-state index contributed by atoms with van der Waals surface area (Å²) in [5.74, 6) is -1.32. The van der Waals surface area contributed by atoms with Crippen molar-refractivity contribution in [3.05, 3.63) is 48.1 Å². The van der Waals surface area contributed by atoms with Crippen LogP contribution in [0.25, 0.3) is 22.3 Å². The Morgan fingerprint density at radius 3 is 1.97 bits per heavy atom. The van der Waals surface area contributed by atoms with Crippen LogP contribution < -0.4 is 27.8 Å². The minimum absolute atomic E-state index is 0.0167. The quantitative estimate of drug-likeness (QED) is 0.0525. The van der Waals surface area contributed by atoms with Gasteiger partial charge in [0, 0.05) is 31.4 Å². The fourth-order valence-corrected chi connectivity index (χ4v) is 9.47. The fraction of sp³-hybridized carbons (Fsp3) is 0.517. The van der Waals surface area contributed by atoms with Crippen LogP contribution in [0.5, 0.6) is 0 Å². The molecule has 3 aliphatic rings. The molecule has 0 amide bonds. The Bertz CT molecular complexity index is 2660. The lowest BCUT2D eigenvalue weighted by Crippen LogP contribution is -2.45. The van der Waals surface area contributed by atoms with Crippen molar-refractivity contribution >= 4 is 63.2 Å². The highest BCUT2D eigenvalue weighted by Gasteiger charge is 2.52. The molecule has 3 fully saturated rings. The van der Waals surface area contributed by atoms with Crippen molar-refractivity contribution in [1.29, 1.82) is 0 Å². The summed E-state index contributed by atoms with van der Waals surface area (Å²) in [7, 11) is -16.0. The van der Waals surface area contributed by atoms with Crippen molar-refractivity contribution in [3.8, 4) is 0 Å². The number of nitrogen functional groups attached to an aromatic ring is 3. The van der Waals surface area contributed by atoms with Gasteiger partial charge < -0.3 is 65.5 Å². The molecule has 0 radical (unpaired) electrons. The molecule has 0 saturated carbocycles. The molecule has 336 valence electrons. The Labute approximate surface area is 346 Å². The minimum Gasteiger partial charge on any atom is -0.756 e. The molecule has 8 rings (SSSR count). The molecule has 11 N–H and O–H groups in total. The molecule has 8 heterocycles. The summed E-state index contributed by atoms with van der Waals surface area (Å²) in [6.45, 7) is -1.75. The number of imidazole rings is 2. The summed E-state index contributed by atoms with van der Waals surface area (Å²) in [5, 5.41) is 11.4. The molecule has 5 aromatic heterocycles. The Hall–Kier alpha value is -4.45. The lowest BCUT2D eigenvalue weighted by atomic mass is 9.89. The molecule has 33 heteroatoms. The Morgan fingerprint density at radius 1 is 0.790 bits per heavy atom. The molecule has 12 atom stereocenters. The van der Waals surface area contributed by atoms with Crippen LogP contribution in [0.2, 0.25) is 0 Å². The number of anilines is 3. The number of fused-ring (bicyclic) bond motifs is 2. The van der Waals surface area contributed by atoms with Crippen LogP contribution in [0.15, 0.2) is 42.4 Å². The zero-order valence-corrected chi connectivity index (χ0v) is 34.1. The predicted octanol–water partition coefficient (Wildman–Crippen LogP) is -2.03. The Morgan fingerprint density at radius 2 is 1.37 bits per heavy atom. The molecule has 5 aromatic rings. The highest BCUT2D eigenvalue weighted by molar-refractivity contribution is 7.47. The molecule has 30 nitrogen and oxygen atoms in total. The number of nitrogens with two attached hydrogens (primary N) is 3. The van der Waals surface area contributed by atoms with Crippen LogP contribution >= 0.6 is 23.5 Å². The number of rotatable bonds is 15. The van der Waals surface area contributed by atoms with Gasteiger partial charge in [-0.15, -0.1) is 0 Å². The fourth-order valence-electron chi connectivity index (χ4n) is 7.59. The number of ether oxygens (including phenoxy) is 3. The first-order valence-electron chi connectivity index (χ1n) is 18.2. The van der Waals surface area contributed by atoms with Crippen LogP contribution in [0, 0.1) is 5.92 Å². The van der Waals surface area contributed by atoms with Gasteiger partial charge in [0.2, 0.25) is 0 Å². The molecule has 0 spiro atoms. The summed E-state index contributed by atoms with van der Waals surface area (Å²) >= 11 is 0. The van der Waals surface area contributed by atoms with Gasteiger partial charge in [-0.05, 0) is 6.07 Å². The lowest BCUT2D eigenvalue weighted by Gasteiger charge is -2.35. The van der Waals surface area contributed by atoms with Crippen molar-refractivity contribution < 1.29 is 75.6 Å². The van der Waals surface area contributed by atoms with E-state index in [1.165, 1.54) is 40.4 Å². The van der Waals surface area contributed by atoms with E-state index in [0.717, 1.165) is 10.9 Å². The number of hydrogen-bond donors (Lipinski definition) is 8. The zero-order valence-electron chi connectivity index (χ0n) is 31.5. The lowest BCUT2D eigenvalue weighted by molar-refractivity contribution is -0.234. The van der Waals surface area contributed by atoms with Crippen LogP contribution in [0.1, 0.15) is 37.9 Å². The summed E-state index contributed by atoms with van der Waals surface area (Å²) < 4.78 is 80.3. The second-order valence-electron chi connectivity index (χ2n) is 14.2. The second kappa shape index (κ2) is 16.9. The van der Waals surface area contributed by atoms with Crippen molar-refractivity contribution in [2.24, 2.45) is 5.92 Å². The van der Waals surface area contributed by atoms with E-state index < -0.39 is 104 Å². The maximum absolute atomic E-state index is 13.7. The number of hydrogen-bond acceptors (Lipinski definition) is 23. The third kappa shape index (κ3) is 9.41. The first kappa shape index (κ1) is 44.2. The molecule has 12 unspecified atom stereocenters. The predicted molar refractivity (Wildman–Crippen MR) is 201 cm³/mol. The standard InChI is InChI=1S/C29H38N13O17P3/c30-17-1-2-40(29(44)39-17)20-5-14(16(56-20)7-53-60(45,46)47)58-62(51,52)54-6-15-12(3-18(55-15)41-10-37-21-25(31)33-8-35-27(21)41)23(59-61(48,49)50)24-13(43)4-19(57-24)42-11-38-22-26(32)34-9-36-28(22)42/h1-2,8-16,18-20,23-24,43H,3-7H2,(H,51,52)(H2,30,39,44)(H2,31,33,35)(H2,32,34,36)(H2,45,46,47)(H2,48,49,50)/p-1. The number of aliphatic hydroxyl groups is 1. The van der Waals surface area contributed by atoms with E-state index in [0.29, 0.717) is 0 Å². The van der Waals surface area contributed by atoms with Gasteiger partial charge in [-0.3, -0.25) is 31.8 Å². The molecule has 0 aromatic carbocycles. The van der Waals surface area contributed by atoms with E-state index in [1.807, 2.05) is 0 Å². The average Bonchev–Trinajstić information content (AvgIpc) is 4.02. The molecule has 3 aliphatic heterocycles. The summed E-state index contributed by atoms with van der Waals surface area (Å²) in [6.07, 6.45) is -7.21.